The van der Waals surface area contributed by atoms with Gasteiger partial charge in [-0.1, -0.05) is 11.6 Å². The van der Waals surface area contributed by atoms with E-state index >= 15 is 0 Å². The molecule has 1 aliphatic rings. The minimum Gasteiger partial charge on any atom is -0.381 e. The Bertz CT molecular complexity index is 352. The molecular weight excluding hydrogens is 217 g/mol. The van der Waals surface area contributed by atoms with Crippen molar-refractivity contribution in [3.05, 3.63) is 29.0 Å². The molecular formula is C11H13ClFNO. The second-order valence-electron chi connectivity index (χ2n) is 3.79. The van der Waals surface area contributed by atoms with Gasteiger partial charge >= 0.3 is 0 Å². The molecule has 0 spiro atoms. The van der Waals surface area contributed by atoms with Crippen molar-refractivity contribution in [3.63, 3.8) is 0 Å². The van der Waals surface area contributed by atoms with Crippen LogP contribution in [0.3, 0.4) is 0 Å². The van der Waals surface area contributed by atoms with Crippen molar-refractivity contribution in [2.24, 2.45) is 0 Å². The van der Waals surface area contributed by atoms with Crippen LogP contribution in [0, 0.1) is 5.82 Å². The fourth-order valence-corrected chi connectivity index (χ4v) is 1.86. The van der Waals surface area contributed by atoms with Crippen LogP contribution in [0.5, 0.6) is 0 Å². The molecule has 15 heavy (non-hydrogen) atoms. The average molecular weight is 230 g/mol. The molecule has 1 fully saturated rings. The highest BCUT2D eigenvalue weighted by Crippen LogP contribution is 2.28. The largest absolute Gasteiger partial charge is 0.381 e. The summed E-state index contributed by atoms with van der Waals surface area (Å²) in [7, 11) is 1.70. The molecule has 1 aliphatic carbocycles. The van der Waals surface area contributed by atoms with Crippen LogP contribution in [-0.4, -0.2) is 19.3 Å². The number of rotatable bonds is 3. The molecule has 4 heteroatoms. The van der Waals surface area contributed by atoms with Gasteiger partial charge < -0.3 is 10.1 Å². The predicted octanol–water partition coefficient (Wildman–Crippen LogP) is 3.07. The zero-order valence-electron chi connectivity index (χ0n) is 8.47. The summed E-state index contributed by atoms with van der Waals surface area (Å²) in [5.74, 6) is -0.302. The molecule has 82 valence electrons. The molecule has 0 amide bonds. The number of ether oxygens (including phenoxy) is 1. The van der Waals surface area contributed by atoms with Crippen LogP contribution in [0.15, 0.2) is 18.2 Å². The Morgan fingerprint density at radius 2 is 2.20 bits per heavy atom. The third-order valence-electron chi connectivity index (χ3n) is 2.72. The Kier molecular flexibility index (Phi) is 3.12. The first kappa shape index (κ1) is 10.7. The highest BCUT2D eigenvalue weighted by Gasteiger charge is 2.29. The second-order valence-corrected chi connectivity index (χ2v) is 4.23. The van der Waals surface area contributed by atoms with E-state index in [1.54, 1.807) is 19.2 Å². The third-order valence-corrected chi connectivity index (χ3v) is 2.95. The van der Waals surface area contributed by atoms with Crippen molar-refractivity contribution in [1.29, 1.82) is 0 Å². The van der Waals surface area contributed by atoms with E-state index in [1.165, 1.54) is 6.07 Å². The van der Waals surface area contributed by atoms with Gasteiger partial charge in [0.1, 0.15) is 5.82 Å². The van der Waals surface area contributed by atoms with Gasteiger partial charge in [-0.15, -0.1) is 0 Å². The summed E-state index contributed by atoms with van der Waals surface area (Å²) in [6, 6.07) is 4.97. The minimum atomic E-state index is -0.302. The number of anilines is 1. The average Bonchev–Trinajstić information content (AvgIpc) is 2.13. The first-order chi connectivity index (χ1) is 7.19. The van der Waals surface area contributed by atoms with E-state index < -0.39 is 0 Å². The van der Waals surface area contributed by atoms with E-state index in [1.807, 2.05) is 0 Å². The molecule has 0 saturated heterocycles. The van der Waals surface area contributed by atoms with Crippen LogP contribution in [0.2, 0.25) is 5.02 Å². The van der Waals surface area contributed by atoms with Gasteiger partial charge in [-0.2, -0.15) is 0 Å². The van der Waals surface area contributed by atoms with Crippen LogP contribution in [-0.2, 0) is 4.74 Å². The van der Waals surface area contributed by atoms with Crippen molar-refractivity contribution >= 4 is 17.3 Å². The monoisotopic (exact) mass is 229 g/mol. The van der Waals surface area contributed by atoms with Crippen LogP contribution in [0.4, 0.5) is 10.1 Å². The maximum absolute atomic E-state index is 13.4. The molecule has 2 nitrogen and oxygen atoms in total. The lowest BCUT2D eigenvalue weighted by molar-refractivity contribution is 0.0328. The van der Waals surface area contributed by atoms with Crippen molar-refractivity contribution in [3.8, 4) is 0 Å². The second kappa shape index (κ2) is 4.37. The zero-order chi connectivity index (χ0) is 10.8. The van der Waals surface area contributed by atoms with Crippen molar-refractivity contribution in [1.82, 2.24) is 0 Å². The normalized spacial score (nSPS) is 24.7. The summed E-state index contributed by atoms with van der Waals surface area (Å²) >= 11 is 5.66. The number of nitrogens with one attached hydrogen (secondary N) is 1. The maximum Gasteiger partial charge on any atom is 0.147 e. The molecule has 0 aromatic heterocycles. The van der Waals surface area contributed by atoms with Crippen LogP contribution in [0.25, 0.3) is 0 Å². The smallest absolute Gasteiger partial charge is 0.147 e. The Morgan fingerprint density at radius 3 is 2.80 bits per heavy atom. The molecule has 1 saturated carbocycles. The first-order valence-electron chi connectivity index (χ1n) is 4.93. The zero-order valence-corrected chi connectivity index (χ0v) is 9.22. The number of methoxy groups -OCH3 is 1. The van der Waals surface area contributed by atoms with Crippen molar-refractivity contribution < 1.29 is 9.13 Å². The summed E-state index contributed by atoms with van der Waals surface area (Å²) in [5.41, 5.74) is 0.513. The van der Waals surface area contributed by atoms with Crippen LogP contribution >= 0.6 is 11.6 Å². The van der Waals surface area contributed by atoms with E-state index in [-0.39, 0.29) is 5.82 Å². The van der Waals surface area contributed by atoms with Crippen LogP contribution < -0.4 is 5.32 Å². The van der Waals surface area contributed by atoms with Gasteiger partial charge in [-0.3, -0.25) is 0 Å². The minimum absolute atomic E-state index is 0.302. The molecule has 0 heterocycles. The molecule has 1 aromatic rings. The lowest BCUT2D eigenvalue weighted by Gasteiger charge is -2.35. The molecule has 0 bridgehead atoms. The van der Waals surface area contributed by atoms with Gasteiger partial charge in [0.15, 0.2) is 0 Å². The summed E-state index contributed by atoms with van der Waals surface area (Å²) in [6.45, 7) is 0. The quantitative estimate of drug-likeness (QED) is 0.860. The summed E-state index contributed by atoms with van der Waals surface area (Å²) in [6.07, 6.45) is 2.18. The highest BCUT2D eigenvalue weighted by molar-refractivity contribution is 6.30. The number of halogens is 2. The fraction of sp³-hybridized carbons (Fsp3) is 0.455. The van der Waals surface area contributed by atoms with E-state index in [9.17, 15) is 4.39 Å². The topological polar surface area (TPSA) is 21.3 Å². The van der Waals surface area contributed by atoms with Gasteiger partial charge in [0, 0.05) is 18.2 Å². The Balaban J connectivity index is 1.94. The van der Waals surface area contributed by atoms with Gasteiger partial charge in [0.2, 0.25) is 0 Å². The van der Waals surface area contributed by atoms with E-state index in [2.05, 4.69) is 5.32 Å². The number of benzene rings is 1. The fourth-order valence-electron chi connectivity index (χ4n) is 1.70. The number of hydrogen-bond acceptors (Lipinski definition) is 2. The van der Waals surface area contributed by atoms with E-state index in [0.717, 1.165) is 12.8 Å². The van der Waals surface area contributed by atoms with E-state index in [0.29, 0.717) is 22.9 Å². The van der Waals surface area contributed by atoms with Crippen LogP contribution in [0.1, 0.15) is 12.8 Å². The maximum atomic E-state index is 13.4. The predicted molar refractivity (Wildman–Crippen MR) is 58.9 cm³/mol. The summed E-state index contributed by atoms with van der Waals surface area (Å²) < 4.78 is 18.5. The lowest BCUT2D eigenvalue weighted by atomic mass is 9.89. The van der Waals surface area contributed by atoms with Gasteiger partial charge in [-0.25, -0.2) is 4.39 Å². The van der Waals surface area contributed by atoms with Crippen molar-refractivity contribution in [2.75, 3.05) is 12.4 Å². The Labute approximate surface area is 93.4 Å². The molecule has 0 unspecified atom stereocenters. The summed E-state index contributed by atoms with van der Waals surface area (Å²) in [4.78, 5) is 0. The van der Waals surface area contributed by atoms with Crippen molar-refractivity contribution in [2.45, 2.75) is 25.0 Å². The Morgan fingerprint density at radius 1 is 1.47 bits per heavy atom. The SMILES string of the molecule is COC1CC(Nc2ccc(Cl)cc2F)C1. The third kappa shape index (κ3) is 2.41. The molecule has 0 aliphatic heterocycles. The van der Waals surface area contributed by atoms with Gasteiger partial charge in [0.25, 0.3) is 0 Å². The number of hydrogen-bond donors (Lipinski definition) is 1. The van der Waals surface area contributed by atoms with E-state index in [4.69, 9.17) is 16.3 Å². The molecule has 0 radical (unpaired) electrons. The van der Waals surface area contributed by atoms with Gasteiger partial charge in [0.05, 0.1) is 11.8 Å². The standard InChI is InChI=1S/C11H13ClFNO/c1-15-9-5-8(6-9)14-11-3-2-7(12)4-10(11)13/h2-4,8-9,14H,5-6H2,1H3. The Hall–Kier alpha value is -0.800. The lowest BCUT2D eigenvalue weighted by Crippen LogP contribution is -2.40. The molecule has 2 rings (SSSR count). The first-order valence-corrected chi connectivity index (χ1v) is 5.31. The highest BCUT2D eigenvalue weighted by atomic mass is 35.5. The van der Waals surface area contributed by atoms with Gasteiger partial charge in [-0.05, 0) is 31.0 Å². The molecule has 0 atom stereocenters. The molecule has 1 N–H and O–H groups in total. The molecule has 1 aromatic carbocycles. The summed E-state index contributed by atoms with van der Waals surface area (Å²) in [5, 5.41) is 3.54.